The van der Waals surface area contributed by atoms with E-state index in [1.165, 1.54) is 80.9 Å². The Kier molecular flexibility index (Phi) is 7.57. The van der Waals surface area contributed by atoms with Crippen molar-refractivity contribution in [1.29, 1.82) is 0 Å². The van der Waals surface area contributed by atoms with Crippen molar-refractivity contribution in [3.05, 3.63) is 32.8 Å². The fourth-order valence-corrected chi connectivity index (χ4v) is 4.43. The van der Waals surface area contributed by atoms with Gasteiger partial charge in [-0.1, -0.05) is 75.1 Å². The monoisotopic (exact) mass is 340 g/mol. The third-order valence-electron chi connectivity index (χ3n) is 5.20. The second-order valence-corrected chi connectivity index (χ2v) is 7.65. The highest BCUT2D eigenvalue weighted by atomic mass is 35.5. The summed E-state index contributed by atoms with van der Waals surface area (Å²) in [4.78, 5) is 0. The molecule has 2 rings (SSSR count). The summed E-state index contributed by atoms with van der Waals surface area (Å²) in [6, 6.07) is 2.11. The van der Waals surface area contributed by atoms with Crippen molar-refractivity contribution in [3.63, 3.8) is 0 Å². The largest absolute Gasteiger partial charge is 0.0827 e. The van der Waals surface area contributed by atoms with E-state index < -0.39 is 0 Å². The third-order valence-corrected chi connectivity index (χ3v) is 6.00. The van der Waals surface area contributed by atoms with Crippen molar-refractivity contribution in [2.75, 3.05) is 0 Å². The molecule has 1 aliphatic carbocycles. The molecule has 0 saturated heterocycles. The minimum atomic E-state index is 0.634. The molecule has 22 heavy (non-hydrogen) atoms. The van der Waals surface area contributed by atoms with Gasteiger partial charge in [0.25, 0.3) is 0 Å². The maximum Gasteiger partial charge on any atom is 0.0629 e. The highest BCUT2D eigenvalue weighted by Crippen LogP contribution is 2.43. The Morgan fingerprint density at radius 2 is 1.64 bits per heavy atom. The molecule has 1 aromatic carbocycles. The second-order valence-electron chi connectivity index (χ2n) is 6.87. The van der Waals surface area contributed by atoms with Crippen molar-refractivity contribution in [2.45, 2.75) is 90.4 Å². The summed E-state index contributed by atoms with van der Waals surface area (Å²) < 4.78 is 0. The summed E-state index contributed by atoms with van der Waals surface area (Å²) in [5, 5.41) is 1.58. The average molecular weight is 341 g/mol. The van der Waals surface area contributed by atoms with Crippen LogP contribution in [-0.4, -0.2) is 0 Å². The molecular formula is C20H30Cl2. The van der Waals surface area contributed by atoms with Crippen molar-refractivity contribution >= 4 is 23.2 Å². The Hall–Kier alpha value is -0.200. The number of hydrogen-bond acceptors (Lipinski definition) is 0. The van der Waals surface area contributed by atoms with Crippen molar-refractivity contribution in [1.82, 2.24) is 0 Å². The molecule has 0 atom stereocenters. The van der Waals surface area contributed by atoms with Gasteiger partial charge >= 0.3 is 0 Å². The second kappa shape index (κ2) is 9.18. The zero-order valence-corrected chi connectivity index (χ0v) is 15.7. The summed E-state index contributed by atoms with van der Waals surface area (Å²) in [7, 11) is 0. The Morgan fingerprint density at radius 1 is 1.00 bits per heavy atom. The molecule has 1 fully saturated rings. The average Bonchev–Trinajstić information content (AvgIpc) is 3.02. The number of halogens is 2. The quantitative estimate of drug-likeness (QED) is 0.422. The van der Waals surface area contributed by atoms with Gasteiger partial charge in [-0.2, -0.15) is 0 Å². The lowest BCUT2D eigenvalue weighted by atomic mass is 9.89. The minimum absolute atomic E-state index is 0.634. The summed E-state index contributed by atoms with van der Waals surface area (Å²) in [6.45, 7) is 4.52. The van der Waals surface area contributed by atoms with E-state index in [0.717, 1.165) is 16.5 Å². The lowest BCUT2D eigenvalue weighted by molar-refractivity contribution is 0.606. The number of unbranched alkanes of at least 4 members (excludes halogenated alkanes) is 5. The Labute approximate surface area is 146 Å². The van der Waals surface area contributed by atoms with Gasteiger partial charge in [0.15, 0.2) is 0 Å². The van der Waals surface area contributed by atoms with Crippen LogP contribution in [0.2, 0.25) is 10.0 Å². The first-order chi connectivity index (χ1) is 10.6. The number of aryl methyl sites for hydroxylation is 1. The van der Waals surface area contributed by atoms with Crippen LogP contribution >= 0.6 is 23.2 Å². The first-order valence-electron chi connectivity index (χ1n) is 9.12. The van der Waals surface area contributed by atoms with Gasteiger partial charge in [-0.15, -0.1) is 0 Å². The molecule has 0 N–H and O–H groups in total. The van der Waals surface area contributed by atoms with Crippen LogP contribution in [0, 0.1) is 6.92 Å². The lowest BCUT2D eigenvalue weighted by Gasteiger charge is -2.19. The van der Waals surface area contributed by atoms with Crippen LogP contribution < -0.4 is 0 Å². The topological polar surface area (TPSA) is 0 Å². The highest BCUT2D eigenvalue weighted by Gasteiger charge is 2.24. The Bertz CT molecular complexity index is 473. The van der Waals surface area contributed by atoms with Crippen LogP contribution in [0.1, 0.15) is 93.7 Å². The van der Waals surface area contributed by atoms with Crippen LogP contribution in [0.5, 0.6) is 0 Å². The highest BCUT2D eigenvalue weighted by molar-refractivity contribution is 6.42. The van der Waals surface area contributed by atoms with E-state index in [2.05, 4.69) is 19.9 Å². The number of benzene rings is 1. The molecule has 1 aromatic rings. The van der Waals surface area contributed by atoms with Gasteiger partial charge in [-0.05, 0) is 61.3 Å². The molecule has 0 bridgehead atoms. The summed E-state index contributed by atoms with van der Waals surface area (Å²) in [5.74, 6) is 0.634. The zero-order valence-electron chi connectivity index (χ0n) is 14.2. The first-order valence-corrected chi connectivity index (χ1v) is 9.88. The van der Waals surface area contributed by atoms with Gasteiger partial charge in [-0.3, -0.25) is 0 Å². The Morgan fingerprint density at radius 3 is 2.32 bits per heavy atom. The van der Waals surface area contributed by atoms with Gasteiger partial charge in [0, 0.05) is 0 Å². The third kappa shape index (κ3) is 4.65. The van der Waals surface area contributed by atoms with Gasteiger partial charge < -0.3 is 0 Å². The molecule has 124 valence electrons. The Balaban J connectivity index is 2.02. The lowest BCUT2D eigenvalue weighted by Crippen LogP contribution is -2.02. The SMILES string of the molecule is CCCCCCCCc1cc(Cl)c(Cl)c(C2CCCC2)c1C. The first kappa shape index (κ1) is 18.1. The van der Waals surface area contributed by atoms with Gasteiger partial charge in [-0.25, -0.2) is 0 Å². The predicted molar refractivity (Wildman–Crippen MR) is 99.5 cm³/mol. The molecule has 0 aliphatic heterocycles. The van der Waals surface area contributed by atoms with Gasteiger partial charge in [0.1, 0.15) is 0 Å². The minimum Gasteiger partial charge on any atom is -0.0827 e. The molecule has 0 heterocycles. The van der Waals surface area contributed by atoms with E-state index in [4.69, 9.17) is 23.2 Å². The predicted octanol–water partition coefficient (Wildman–Crippen LogP) is 7.86. The van der Waals surface area contributed by atoms with E-state index in [-0.39, 0.29) is 0 Å². The van der Waals surface area contributed by atoms with E-state index in [0.29, 0.717) is 5.92 Å². The number of rotatable bonds is 8. The van der Waals surface area contributed by atoms with E-state index in [1.54, 1.807) is 0 Å². The van der Waals surface area contributed by atoms with Crippen LogP contribution in [0.25, 0.3) is 0 Å². The van der Waals surface area contributed by atoms with Crippen LogP contribution in [0.15, 0.2) is 6.07 Å². The van der Waals surface area contributed by atoms with Crippen molar-refractivity contribution in [3.8, 4) is 0 Å². The van der Waals surface area contributed by atoms with E-state index in [9.17, 15) is 0 Å². The molecular weight excluding hydrogens is 311 g/mol. The van der Waals surface area contributed by atoms with E-state index in [1.807, 2.05) is 0 Å². The van der Waals surface area contributed by atoms with E-state index >= 15 is 0 Å². The smallest absolute Gasteiger partial charge is 0.0629 e. The van der Waals surface area contributed by atoms with Crippen LogP contribution in [0.4, 0.5) is 0 Å². The maximum absolute atomic E-state index is 6.54. The van der Waals surface area contributed by atoms with Crippen molar-refractivity contribution in [2.24, 2.45) is 0 Å². The molecule has 0 nitrogen and oxygen atoms in total. The number of hydrogen-bond donors (Lipinski definition) is 0. The summed E-state index contributed by atoms with van der Waals surface area (Å²) >= 11 is 13.0. The molecule has 0 aromatic heterocycles. The molecule has 1 aliphatic rings. The molecule has 0 amide bonds. The fraction of sp³-hybridized carbons (Fsp3) is 0.700. The molecule has 1 saturated carbocycles. The van der Waals surface area contributed by atoms with Gasteiger partial charge in [0.2, 0.25) is 0 Å². The summed E-state index contributed by atoms with van der Waals surface area (Å²) in [6.07, 6.45) is 14.4. The van der Waals surface area contributed by atoms with Crippen LogP contribution in [-0.2, 0) is 6.42 Å². The van der Waals surface area contributed by atoms with Crippen LogP contribution in [0.3, 0.4) is 0 Å². The fourth-order valence-electron chi connectivity index (χ4n) is 3.85. The zero-order chi connectivity index (χ0) is 15.9. The summed E-state index contributed by atoms with van der Waals surface area (Å²) in [5.41, 5.74) is 4.19. The molecule has 2 heteroatoms. The maximum atomic E-state index is 6.54. The standard InChI is InChI=1S/C20H30Cl2/c1-3-4-5-6-7-8-13-17-14-18(21)20(22)19(15(17)2)16-11-9-10-12-16/h14,16H,3-13H2,1-2H3. The normalized spacial score (nSPS) is 15.6. The molecule has 0 radical (unpaired) electrons. The molecule has 0 spiro atoms. The van der Waals surface area contributed by atoms with Gasteiger partial charge in [0.05, 0.1) is 10.0 Å². The molecule has 0 unspecified atom stereocenters. The van der Waals surface area contributed by atoms with Crippen molar-refractivity contribution < 1.29 is 0 Å².